The van der Waals surface area contributed by atoms with E-state index in [1.165, 1.54) is 28.6 Å². The molecule has 0 aliphatic rings. The molecule has 0 heterocycles. The Kier molecular flexibility index (Phi) is 15.6. The van der Waals surface area contributed by atoms with Crippen LogP contribution in [0.25, 0.3) is 0 Å². The molecule has 0 spiro atoms. The van der Waals surface area contributed by atoms with Crippen LogP contribution in [0, 0.1) is 0 Å². The van der Waals surface area contributed by atoms with Gasteiger partial charge >= 0.3 is 7.60 Å². The molecule has 0 amide bonds. The third-order valence-electron chi connectivity index (χ3n) is 8.66. The molecule has 3 aromatic rings. The molecule has 0 aliphatic heterocycles. The molecule has 1 atom stereocenters. The Morgan fingerprint density at radius 2 is 1.31 bits per heavy atom. The first-order chi connectivity index (χ1) is 23.4. The van der Waals surface area contributed by atoms with E-state index in [9.17, 15) is 4.57 Å². The summed E-state index contributed by atoms with van der Waals surface area (Å²) in [7, 11) is -1.45. The first-order valence-electron chi connectivity index (χ1n) is 17.1. The molecular formula is C40H57O7PSi. The van der Waals surface area contributed by atoms with Crippen molar-refractivity contribution in [1.29, 1.82) is 0 Å². The van der Waals surface area contributed by atoms with Crippen molar-refractivity contribution < 1.29 is 32.2 Å². The monoisotopic (exact) mass is 708 g/mol. The van der Waals surface area contributed by atoms with Crippen LogP contribution in [0.5, 0.6) is 11.5 Å². The molecule has 49 heavy (non-hydrogen) atoms. The maximum Gasteiger partial charge on any atom is 0.363 e. The number of hydrogen-bond donors (Lipinski definition) is 0. The molecule has 7 nitrogen and oxygen atoms in total. The average molecular weight is 709 g/mol. The summed E-state index contributed by atoms with van der Waals surface area (Å²) in [5, 5.41) is 2.51. The highest BCUT2D eigenvalue weighted by atomic mass is 31.2. The SMILES string of the molecule is CCOP(=O)(OCC)C(OC)c1cc(OC)c(CC=C(C)CCC=C(C)CO[Si](c2ccccc2)(c2ccccc2)C(C)(C)C)c(OC)c1. The van der Waals surface area contributed by atoms with Crippen LogP contribution in [0.3, 0.4) is 0 Å². The molecule has 268 valence electrons. The second-order valence-corrected chi connectivity index (χ2v) is 19.5. The Bertz CT molecular complexity index is 1490. The van der Waals surface area contributed by atoms with Crippen LogP contribution in [0.2, 0.25) is 5.04 Å². The second kappa shape index (κ2) is 18.9. The van der Waals surface area contributed by atoms with Gasteiger partial charge in [-0.3, -0.25) is 4.57 Å². The van der Waals surface area contributed by atoms with Gasteiger partial charge in [0.05, 0.1) is 34.0 Å². The largest absolute Gasteiger partial charge is 0.496 e. The standard InChI is InChI=1S/C40H57O7PSi/c1-11-45-48(41,46-12-2)39(44-10)33-28-37(42-8)36(38(29-33)43-9)27-26-31(3)20-19-21-32(4)30-47-49(40(5,6)7,34-22-15-13-16-23-34)35-24-17-14-18-25-35/h13-18,21-26,28-29,39H,11-12,19-20,27,30H2,1-10H3. The fourth-order valence-electron chi connectivity index (χ4n) is 6.30. The normalized spacial score (nSPS) is 13.8. The zero-order valence-electron chi connectivity index (χ0n) is 31.2. The Balaban J connectivity index is 1.76. The quantitative estimate of drug-likeness (QED) is 0.0698. The highest BCUT2D eigenvalue weighted by Gasteiger charge is 2.50. The van der Waals surface area contributed by atoms with Crippen LogP contribution in [-0.2, 0) is 29.2 Å². The molecule has 0 N–H and O–H groups in total. The van der Waals surface area contributed by atoms with E-state index in [0.29, 0.717) is 30.1 Å². The predicted octanol–water partition coefficient (Wildman–Crippen LogP) is 9.41. The Morgan fingerprint density at radius 3 is 1.73 bits per heavy atom. The molecule has 1 unspecified atom stereocenters. The van der Waals surface area contributed by atoms with Crippen molar-refractivity contribution in [2.24, 2.45) is 0 Å². The molecule has 3 aromatic carbocycles. The molecule has 9 heteroatoms. The number of methoxy groups -OCH3 is 3. The first-order valence-corrected chi connectivity index (χ1v) is 20.6. The predicted molar refractivity (Wildman–Crippen MR) is 204 cm³/mol. The van der Waals surface area contributed by atoms with Gasteiger partial charge in [0.15, 0.2) is 5.85 Å². The van der Waals surface area contributed by atoms with Gasteiger partial charge < -0.3 is 27.7 Å². The van der Waals surface area contributed by atoms with Gasteiger partial charge in [-0.1, -0.05) is 105 Å². The number of allylic oxidation sites excluding steroid dienone is 3. The van der Waals surface area contributed by atoms with Gasteiger partial charge in [-0.2, -0.15) is 0 Å². The number of ether oxygens (including phenoxy) is 3. The van der Waals surface area contributed by atoms with E-state index < -0.39 is 21.8 Å². The van der Waals surface area contributed by atoms with Crippen LogP contribution in [0.4, 0.5) is 0 Å². The van der Waals surface area contributed by atoms with Crippen LogP contribution in [0.15, 0.2) is 96.1 Å². The van der Waals surface area contributed by atoms with Crippen LogP contribution >= 0.6 is 7.60 Å². The molecule has 0 aliphatic carbocycles. The lowest BCUT2D eigenvalue weighted by atomic mass is 10.0. The zero-order valence-corrected chi connectivity index (χ0v) is 33.1. The lowest BCUT2D eigenvalue weighted by Crippen LogP contribution is -2.66. The van der Waals surface area contributed by atoms with Gasteiger partial charge in [-0.15, -0.1) is 0 Å². The smallest absolute Gasteiger partial charge is 0.363 e. The van der Waals surface area contributed by atoms with Gasteiger partial charge in [0.25, 0.3) is 8.32 Å². The second-order valence-electron chi connectivity index (χ2n) is 13.2. The maximum absolute atomic E-state index is 13.6. The third-order valence-corrected chi connectivity index (χ3v) is 16.0. The van der Waals surface area contributed by atoms with Gasteiger partial charge in [0, 0.05) is 18.2 Å². The summed E-state index contributed by atoms with van der Waals surface area (Å²) in [5.41, 5.74) is 3.99. The first kappa shape index (κ1) is 40.5. The topological polar surface area (TPSA) is 72.5 Å². The van der Waals surface area contributed by atoms with E-state index in [0.717, 1.165) is 18.4 Å². The molecule has 0 fully saturated rings. The van der Waals surface area contributed by atoms with Crippen molar-refractivity contribution >= 4 is 26.3 Å². The summed E-state index contributed by atoms with van der Waals surface area (Å²) < 4.78 is 49.1. The minimum atomic E-state index is -3.59. The lowest BCUT2D eigenvalue weighted by molar-refractivity contribution is 0.109. The fourth-order valence-corrected chi connectivity index (χ4v) is 12.7. The minimum Gasteiger partial charge on any atom is -0.496 e. The number of benzene rings is 3. The van der Waals surface area contributed by atoms with E-state index in [4.69, 9.17) is 27.7 Å². The number of rotatable bonds is 19. The van der Waals surface area contributed by atoms with Crippen molar-refractivity contribution in [2.45, 2.75) is 78.6 Å². The van der Waals surface area contributed by atoms with Crippen molar-refractivity contribution in [3.8, 4) is 11.5 Å². The van der Waals surface area contributed by atoms with Crippen LogP contribution < -0.4 is 19.8 Å². The fraction of sp³-hybridized carbons (Fsp3) is 0.450. The summed E-state index contributed by atoms with van der Waals surface area (Å²) in [5.74, 6) is 0.324. The van der Waals surface area contributed by atoms with Gasteiger partial charge in [-0.25, -0.2) is 0 Å². The van der Waals surface area contributed by atoms with Crippen LogP contribution in [0.1, 0.15) is 78.3 Å². The van der Waals surface area contributed by atoms with Crippen molar-refractivity contribution in [3.05, 3.63) is 107 Å². The van der Waals surface area contributed by atoms with E-state index >= 15 is 0 Å². The molecule has 0 saturated carbocycles. The molecule has 0 radical (unpaired) electrons. The number of hydrogen-bond acceptors (Lipinski definition) is 7. The molecular weight excluding hydrogens is 651 g/mol. The summed E-state index contributed by atoms with van der Waals surface area (Å²) in [4.78, 5) is 0. The van der Waals surface area contributed by atoms with Crippen molar-refractivity contribution in [2.75, 3.05) is 41.2 Å². The maximum atomic E-state index is 13.6. The summed E-state index contributed by atoms with van der Waals surface area (Å²) in [6, 6.07) is 25.2. The zero-order chi connectivity index (χ0) is 36.1. The summed E-state index contributed by atoms with van der Waals surface area (Å²) >= 11 is 0. The van der Waals surface area contributed by atoms with Gasteiger partial charge in [0.2, 0.25) is 0 Å². The highest BCUT2D eigenvalue weighted by Crippen LogP contribution is 2.62. The molecule has 0 bridgehead atoms. The molecule has 0 saturated heterocycles. The lowest BCUT2D eigenvalue weighted by Gasteiger charge is -2.43. The Labute approximate surface area is 296 Å². The Morgan fingerprint density at radius 1 is 0.796 bits per heavy atom. The summed E-state index contributed by atoms with van der Waals surface area (Å²) in [6.07, 6.45) is 6.94. The summed E-state index contributed by atoms with van der Waals surface area (Å²) in [6.45, 7) is 15.8. The van der Waals surface area contributed by atoms with E-state index in [1.54, 1.807) is 28.1 Å². The van der Waals surface area contributed by atoms with Gasteiger partial charge in [0.1, 0.15) is 11.5 Å². The van der Waals surface area contributed by atoms with E-state index in [1.807, 2.05) is 12.1 Å². The van der Waals surface area contributed by atoms with Crippen molar-refractivity contribution in [3.63, 3.8) is 0 Å². The van der Waals surface area contributed by atoms with E-state index in [-0.39, 0.29) is 18.3 Å². The molecule has 3 rings (SSSR count). The van der Waals surface area contributed by atoms with Gasteiger partial charge in [-0.05, 0) is 74.5 Å². The van der Waals surface area contributed by atoms with Crippen molar-refractivity contribution in [1.82, 2.24) is 0 Å². The highest BCUT2D eigenvalue weighted by molar-refractivity contribution is 7.54. The Hall–Kier alpha value is -2.97. The molecule has 0 aromatic heterocycles. The minimum absolute atomic E-state index is 0.0632. The average Bonchev–Trinajstić information content (AvgIpc) is 3.08. The van der Waals surface area contributed by atoms with E-state index in [2.05, 4.69) is 107 Å². The van der Waals surface area contributed by atoms with Crippen LogP contribution in [-0.4, -0.2) is 49.5 Å². The third kappa shape index (κ3) is 10.1.